The van der Waals surface area contributed by atoms with Crippen molar-refractivity contribution >= 4 is 44.8 Å². The lowest BCUT2D eigenvalue weighted by Crippen LogP contribution is -2.21. The van der Waals surface area contributed by atoms with E-state index in [1.54, 1.807) is 24.3 Å². The van der Waals surface area contributed by atoms with Gasteiger partial charge < -0.3 is 10.4 Å². The van der Waals surface area contributed by atoms with E-state index in [4.69, 9.17) is 0 Å². The first-order chi connectivity index (χ1) is 10.1. The topological polar surface area (TPSA) is 61.7 Å². The first-order valence-electron chi connectivity index (χ1n) is 6.89. The van der Waals surface area contributed by atoms with Crippen LogP contribution in [0.2, 0.25) is 0 Å². The Kier molecular flexibility index (Phi) is 4.35. The van der Waals surface area contributed by atoms with Gasteiger partial charge >= 0.3 is 0 Å². The second kappa shape index (κ2) is 6.23. The van der Waals surface area contributed by atoms with Crippen LogP contribution in [-0.4, -0.2) is 22.2 Å². The molecule has 1 heterocycles. The highest BCUT2D eigenvalue weighted by molar-refractivity contribution is 9.10. The van der Waals surface area contributed by atoms with Gasteiger partial charge in [0.1, 0.15) is 5.75 Å². The van der Waals surface area contributed by atoms with Crippen LogP contribution in [0.5, 0.6) is 5.75 Å². The third kappa shape index (κ3) is 3.49. The summed E-state index contributed by atoms with van der Waals surface area (Å²) in [6, 6.07) is 5.51. The van der Waals surface area contributed by atoms with Gasteiger partial charge in [0, 0.05) is 0 Å². The predicted molar refractivity (Wildman–Crippen MR) is 89.2 cm³/mol. The number of amidine groups is 1. The van der Waals surface area contributed by atoms with E-state index in [1.807, 2.05) is 0 Å². The van der Waals surface area contributed by atoms with E-state index in [9.17, 15) is 9.90 Å². The quantitative estimate of drug-likeness (QED) is 0.785. The molecular formula is C15H15BrN2O2S. The summed E-state index contributed by atoms with van der Waals surface area (Å²) in [7, 11) is 0. The Hall–Kier alpha value is -1.27. The number of nitrogens with zero attached hydrogens (tertiary/aromatic N) is 1. The molecule has 0 radical (unpaired) electrons. The molecule has 1 aliphatic carbocycles. The molecule has 1 saturated heterocycles. The fourth-order valence-corrected chi connectivity index (χ4v) is 3.74. The highest BCUT2D eigenvalue weighted by Gasteiger charge is 2.25. The number of nitrogens with one attached hydrogen (secondary N) is 1. The van der Waals surface area contributed by atoms with Crippen LogP contribution in [0.25, 0.3) is 6.08 Å². The predicted octanol–water partition coefficient (Wildman–Crippen LogP) is 3.66. The smallest absolute Gasteiger partial charge is 0.264 e. The number of carbonyl (C=O) groups excluding carboxylic acids is 1. The van der Waals surface area contributed by atoms with Crippen molar-refractivity contribution in [3.05, 3.63) is 33.1 Å². The molecule has 21 heavy (non-hydrogen) atoms. The number of hydrogen-bond acceptors (Lipinski definition) is 4. The molecule has 1 aromatic carbocycles. The number of benzene rings is 1. The number of phenols is 1. The summed E-state index contributed by atoms with van der Waals surface area (Å²) in [5.41, 5.74) is 0.861. The van der Waals surface area contributed by atoms with E-state index in [2.05, 4.69) is 26.2 Å². The lowest BCUT2D eigenvalue weighted by molar-refractivity contribution is -0.115. The summed E-state index contributed by atoms with van der Waals surface area (Å²) >= 11 is 4.65. The minimum atomic E-state index is -0.110. The zero-order chi connectivity index (χ0) is 14.8. The number of halogens is 1. The maximum atomic E-state index is 12.0. The molecule has 0 bridgehead atoms. The number of rotatable bonds is 2. The van der Waals surface area contributed by atoms with Gasteiger partial charge in [0.15, 0.2) is 5.17 Å². The molecule has 0 spiro atoms. The van der Waals surface area contributed by atoms with Crippen LogP contribution in [0.3, 0.4) is 0 Å². The van der Waals surface area contributed by atoms with Crippen LogP contribution in [0.1, 0.15) is 31.2 Å². The summed E-state index contributed by atoms with van der Waals surface area (Å²) in [5.74, 6) is 0.0742. The van der Waals surface area contributed by atoms with Crippen molar-refractivity contribution in [1.82, 2.24) is 5.32 Å². The number of hydrogen-bond donors (Lipinski definition) is 2. The fraction of sp³-hybridized carbons (Fsp3) is 0.333. The zero-order valence-electron chi connectivity index (χ0n) is 11.3. The highest BCUT2D eigenvalue weighted by Crippen LogP contribution is 2.31. The van der Waals surface area contributed by atoms with Crippen LogP contribution < -0.4 is 5.32 Å². The molecule has 2 fully saturated rings. The van der Waals surface area contributed by atoms with Gasteiger partial charge in [0.05, 0.1) is 15.4 Å². The Morgan fingerprint density at radius 3 is 2.86 bits per heavy atom. The van der Waals surface area contributed by atoms with Crippen LogP contribution in [0.4, 0.5) is 0 Å². The van der Waals surface area contributed by atoms with E-state index in [0.717, 1.165) is 18.4 Å². The molecule has 0 atom stereocenters. The van der Waals surface area contributed by atoms with Gasteiger partial charge in [-0.15, -0.1) is 0 Å². The Morgan fingerprint density at radius 1 is 1.38 bits per heavy atom. The maximum Gasteiger partial charge on any atom is 0.264 e. The number of phenolic OH excluding ortho intramolecular Hbond substituents is 1. The average molecular weight is 367 g/mol. The second-order valence-corrected chi connectivity index (χ2v) is 7.03. The zero-order valence-corrected chi connectivity index (χ0v) is 13.7. The van der Waals surface area contributed by atoms with Crippen molar-refractivity contribution in [3.8, 4) is 5.75 Å². The third-order valence-corrected chi connectivity index (χ3v) is 5.10. The normalized spacial score (nSPS) is 23.2. The average Bonchev–Trinajstić information content (AvgIpc) is 3.05. The van der Waals surface area contributed by atoms with E-state index in [-0.39, 0.29) is 11.7 Å². The van der Waals surface area contributed by atoms with E-state index in [1.165, 1.54) is 24.6 Å². The molecule has 6 heteroatoms. The number of amides is 1. The summed E-state index contributed by atoms with van der Waals surface area (Å²) in [5, 5.41) is 13.0. The molecule has 0 aromatic heterocycles. The number of thioether (sulfide) groups is 1. The van der Waals surface area contributed by atoms with Crippen LogP contribution >= 0.6 is 27.7 Å². The maximum absolute atomic E-state index is 12.0. The second-order valence-electron chi connectivity index (χ2n) is 5.15. The molecule has 1 aliphatic heterocycles. The van der Waals surface area contributed by atoms with E-state index in [0.29, 0.717) is 20.6 Å². The number of carbonyl (C=O) groups is 1. The molecule has 1 amide bonds. The summed E-state index contributed by atoms with van der Waals surface area (Å²) in [4.78, 5) is 17.2. The van der Waals surface area contributed by atoms with Gasteiger partial charge in [0.2, 0.25) is 0 Å². The Balaban J connectivity index is 1.77. The first-order valence-corrected chi connectivity index (χ1v) is 8.50. The monoisotopic (exact) mass is 366 g/mol. The van der Waals surface area contributed by atoms with Crippen molar-refractivity contribution < 1.29 is 9.90 Å². The molecule has 2 aliphatic rings. The fourth-order valence-electron chi connectivity index (χ4n) is 2.45. The molecule has 4 nitrogen and oxygen atoms in total. The standard InChI is InChI=1S/C15H15BrN2O2S/c16-11-7-9(5-6-12(11)19)8-13-14(20)18-15(21-13)17-10-3-1-2-4-10/h5-8,10,19H,1-4H2,(H,17,18,20). The van der Waals surface area contributed by atoms with Crippen molar-refractivity contribution in [3.63, 3.8) is 0 Å². The number of aromatic hydroxyl groups is 1. The SMILES string of the molecule is O=C1NC(=NC2CCCC2)SC1=Cc1ccc(O)c(Br)c1. The van der Waals surface area contributed by atoms with Gasteiger partial charge in [-0.25, -0.2) is 0 Å². The van der Waals surface area contributed by atoms with Gasteiger partial charge in [-0.1, -0.05) is 18.9 Å². The van der Waals surface area contributed by atoms with Crippen LogP contribution in [0, 0.1) is 0 Å². The third-order valence-electron chi connectivity index (χ3n) is 3.54. The molecule has 0 unspecified atom stereocenters. The molecule has 1 aromatic rings. The van der Waals surface area contributed by atoms with Gasteiger partial charge in [-0.2, -0.15) is 0 Å². The Morgan fingerprint density at radius 2 is 2.14 bits per heavy atom. The largest absolute Gasteiger partial charge is 0.507 e. The summed E-state index contributed by atoms with van der Waals surface area (Å²) < 4.78 is 0.611. The summed E-state index contributed by atoms with van der Waals surface area (Å²) in [6.45, 7) is 0. The molecule has 3 rings (SSSR count). The molecular weight excluding hydrogens is 352 g/mol. The van der Waals surface area contributed by atoms with Crippen molar-refractivity contribution in [1.29, 1.82) is 0 Å². The number of aliphatic imine (C=N–C) groups is 1. The van der Waals surface area contributed by atoms with E-state index < -0.39 is 0 Å². The van der Waals surface area contributed by atoms with Crippen LogP contribution in [0.15, 0.2) is 32.6 Å². The molecule has 2 N–H and O–H groups in total. The Labute approximate surface area is 135 Å². The minimum Gasteiger partial charge on any atom is -0.507 e. The van der Waals surface area contributed by atoms with Crippen LogP contribution in [-0.2, 0) is 4.79 Å². The lowest BCUT2D eigenvalue weighted by atomic mass is 10.2. The minimum absolute atomic E-state index is 0.110. The lowest BCUT2D eigenvalue weighted by Gasteiger charge is -2.02. The molecule has 110 valence electrons. The van der Waals surface area contributed by atoms with Gasteiger partial charge in [0.25, 0.3) is 5.91 Å². The summed E-state index contributed by atoms with van der Waals surface area (Å²) in [6.07, 6.45) is 6.49. The van der Waals surface area contributed by atoms with E-state index >= 15 is 0 Å². The highest BCUT2D eigenvalue weighted by atomic mass is 79.9. The van der Waals surface area contributed by atoms with Crippen molar-refractivity contribution in [2.75, 3.05) is 0 Å². The van der Waals surface area contributed by atoms with Crippen molar-refractivity contribution in [2.45, 2.75) is 31.7 Å². The van der Waals surface area contributed by atoms with Crippen molar-refractivity contribution in [2.24, 2.45) is 4.99 Å². The van der Waals surface area contributed by atoms with Gasteiger partial charge in [-0.05, 0) is 64.3 Å². The first kappa shape index (κ1) is 14.7. The Bertz CT molecular complexity index is 637. The van der Waals surface area contributed by atoms with Gasteiger partial charge in [-0.3, -0.25) is 9.79 Å². The molecule has 1 saturated carbocycles.